The molecular weight excluding hydrogens is 212 g/mol. The maximum Gasteiger partial charge on any atom is 0.00595 e. The van der Waals surface area contributed by atoms with Crippen molar-refractivity contribution in [3.05, 3.63) is 0 Å². The second kappa shape index (κ2) is 6.01. The molecule has 0 aromatic rings. The Kier molecular flexibility index (Phi) is 5.29. The van der Waals surface area contributed by atoms with Gasteiger partial charge in [-0.15, -0.1) is 0 Å². The van der Waals surface area contributed by atoms with Crippen molar-refractivity contribution in [2.45, 2.75) is 51.9 Å². The third-order valence-corrected chi connectivity index (χ3v) is 4.17. The molecule has 0 spiro atoms. The highest BCUT2D eigenvalue weighted by Crippen LogP contribution is 2.30. The summed E-state index contributed by atoms with van der Waals surface area (Å²) in [5, 5.41) is 1.20. The lowest BCUT2D eigenvalue weighted by Gasteiger charge is -2.14. The van der Waals surface area contributed by atoms with Crippen LogP contribution in [0.1, 0.15) is 51.9 Å². The zero-order valence-electron chi connectivity index (χ0n) is 8.19. The Morgan fingerprint density at radius 3 is 2.50 bits per heavy atom. The van der Waals surface area contributed by atoms with E-state index in [2.05, 4.69) is 22.9 Å². The van der Waals surface area contributed by atoms with Crippen LogP contribution in [0.25, 0.3) is 0 Å². The molecule has 0 N–H and O–H groups in total. The lowest BCUT2D eigenvalue weighted by atomic mass is 9.94. The lowest BCUT2D eigenvalue weighted by Crippen LogP contribution is -2.03. The molecule has 0 nitrogen and oxygen atoms in total. The third-order valence-electron chi connectivity index (χ3n) is 3.25. The van der Waals surface area contributed by atoms with Crippen LogP contribution in [0.5, 0.6) is 0 Å². The fourth-order valence-electron chi connectivity index (χ4n) is 2.16. The predicted octanol–water partition coefficient (Wildman–Crippen LogP) is 4.38. The van der Waals surface area contributed by atoms with E-state index in [9.17, 15) is 0 Å². The van der Waals surface area contributed by atoms with Gasteiger partial charge in [0.2, 0.25) is 0 Å². The van der Waals surface area contributed by atoms with Gasteiger partial charge in [-0.05, 0) is 18.3 Å². The molecule has 0 aliphatic heterocycles. The molecular formula is C11H21Br. The molecule has 1 saturated carbocycles. The molecule has 1 heteroatoms. The third kappa shape index (κ3) is 3.47. The summed E-state index contributed by atoms with van der Waals surface area (Å²) in [5.74, 6) is 2.02. The normalized spacial score (nSPS) is 21.5. The highest BCUT2D eigenvalue weighted by Gasteiger charge is 2.16. The molecule has 0 saturated heterocycles. The predicted molar refractivity (Wildman–Crippen MR) is 58.8 cm³/mol. The van der Waals surface area contributed by atoms with Gasteiger partial charge in [0, 0.05) is 5.33 Å². The zero-order valence-corrected chi connectivity index (χ0v) is 9.78. The number of alkyl halides is 1. The van der Waals surface area contributed by atoms with Crippen molar-refractivity contribution in [1.29, 1.82) is 0 Å². The molecule has 1 aliphatic carbocycles. The maximum absolute atomic E-state index is 3.59. The van der Waals surface area contributed by atoms with E-state index < -0.39 is 0 Å². The van der Waals surface area contributed by atoms with Crippen molar-refractivity contribution in [2.24, 2.45) is 11.8 Å². The molecule has 0 radical (unpaired) electrons. The summed E-state index contributed by atoms with van der Waals surface area (Å²) in [6.45, 7) is 2.31. The first-order valence-electron chi connectivity index (χ1n) is 5.42. The quantitative estimate of drug-likeness (QED) is 0.618. The molecule has 1 aliphatic rings. The SMILES string of the molecule is CCC(CBr)CCC1CCCC1. The van der Waals surface area contributed by atoms with Crippen LogP contribution < -0.4 is 0 Å². The fourth-order valence-corrected chi connectivity index (χ4v) is 2.94. The van der Waals surface area contributed by atoms with E-state index in [1.54, 1.807) is 0 Å². The smallest absolute Gasteiger partial charge is 0.00595 e. The first-order valence-corrected chi connectivity index (χ1v) is 6.55. The van der Waals surface area contributed by atoms with Crippen LogP contribution in [0.15, 0.2) is 0 Å². The summed E-state index contributed by atoms with van der Waals surface area (Å²) in [6.07, 6.45) is 10.3. The van der Waals surface area contributed by atoms with Crippen molar-refractivity contribution in [3.63, 3.8) is 0 Å². The Bertz CT molecular complexity index is 99.6. The minimum Gasteiger partial charge on any atom is -0.0925 e. The van der Waals surface area contributed by atoms with E-state index in [0.717, 1.165) is 11.8 Å². The Morgan fingerprint density at radius 1 is 1.33 bits per heavy atom. The Labute approximate surface area is 85.3 Å². The second-order valence-corrected chi connectivity index (χ2v) is 4.80. The molecule has 1 fully saturated rings. The van der Waals surface area contributed by atoms with Gasteiger partial charge in [-0.3, -0.25) is 0 Å². The van der Waals surface area contributed by atoms with E-state index in [-0.39, 0.29) is 0 Å². The van der Waals surface area contributed by atoms with Gasteiger partial charge in [-0.1, -0.05) is 61.4 Å². The average Bonchev–Trinajstić information content (AvgIpc) is 2.59. The summed E-state index contributed by atoms with van der Waals surface area (Å²) in [7, 11) is 0. The molecule has 1 unspecified atom stereocenters. The van der Waals surface area contributed by atoms with Crippen LogP contribution in [0.3, 0.4) is 0 Å². The van der Waals surface area contributed by atoms with Gasteiger partial charge in [0.1, 0.15) is 0 Å². The number of halogens is 1. The van der Waals surface area contributed by atoms with Gasteiger partial charge in [-0.25, -0.2) is 0 Å². The average molecular weight is 233 g/mol. The second-order valence-electron chi connectivity index (χ2n) is 4.16. The van der Waals surface area contributed by atoms with Crippen LogP contribution in [0, 0.1) is 11.8 Å². The Morgan fingerprint density at radius 2 is 2.00 bits per heavy atom. The molecule has 1 atom stereocenters. The minimum absolute atomic E-state index is 0.936. The van der Waals surface area contributed by atoms with Gasteiger partial charge in [0.05, 0.1) is 0 Å². The molecule has 72 valence electrons. The van der Waals surface area contributed by atoms with Crippen LogP contribution in [-0.4, -0.2) is 5.33 Å². The molecule has 0 aromatic heterocycles. The highest BCUT2D eigenvalue weighted by molar-refractivity contribution is 9.09. The molecule has 0 bridgehead atoms. The number of hydrogen-bond donors (Lipinski definition) is 0. The van der Waals surface area contributed by atoms with Crippen LogP contribution in [-0.2, 0) is 0 Å². The standard InChI is InChI=1S/C11H21Br/c1-2-10(9-12)7-8-11-5-3-4-6-11/h10-11H,2-9H2,1H3. The van der Waals surface area contributed by atoms with E-state index in [1.165, 1.54) is 50.3 Å². The van der Waals surface area contributed by atoms with Gasteiger partial charge in [0.25, 0.3) is 0 Å². The van der Waals surface area contributed by atoms with Gasteiger partial charge >= 0.3 is 0 Å². The molecule has 0 amide bonds. The van der Waals surface area contributed by atoms with E-state index in [1.807, 2.05) is 0 Å². The lowest BCUT2D eigenvalue weighted by molar-refractivity contribution is 0.414. The van der Waals surface area contributed by atoms with Crippen molar-refractivity contribution in [3.8, 4) is 0 Å². The topological polar surface area (TPSA) is 0 Å². The van der Waals surface area contributed by atoms with Gasteiger partial charge < -0.3 is 0 Å². The maximum atomic E-state index is 3.59. The zero-order chi connectivity index (χ0) is 8.81. The number of rotatable bonds is 5. The summed E-state index contributed by atoms with van der Waals surface area (Å²) in [6, 6.07) is 0. The fraction of sp³-hybridized carbons (Fsp3) is 1.00. The largest absolute Gasteiger partial charge is 0.0925 e. The summed E-state index contributed by atoms with van der Waals surface area (Å²) in [5.41, 5.74) is 0. The molecule has 0 aromatic carbocycles. The van der Waals surface area contributed by atoms with Gasteiger partial charge in [0.15, 0.2) is 0 Å². The Balaban J connectivity index is 2.06. The summed E-state index contributed by atoms with van der Waals surface area (Å²) < 4.78 is 0. The van der Waals surface area contributed by atoms with E-state index in [4.69, 9.17) is 0 Å². The van der Waals surface area contributed by atoms with Crippen molar-refractivity contribution >= 4 is 15.9 Å². The van der Waals surface area contributed by atoms with Crippen molar-refractivity contribution in [2.75, 3.05) is 5.33 Å². The van der Waals surface area contributed by atoms with Crippen LogP contribution in [0.4, 0.5) is 0 Å². The monoisotopic (exact) mass is 232 g/mol. The first kappa shape index (κ1) is 10.6. The summed E-state index contributed by atoms with van der Waals surface area (Å²) >= 11 is 3.59. The Hall–Kier alpha value is 0.480. The number of hydrogen-bond acceptors (Lipinski definition) is 0. The van der Waals surface area contributed by atoms with Crippen molar-refractivity contribution < 1.29 is 0 Å². The molecule has 0 heterocycles. The summed E-state index contributed by atoms with van der Waals surface area (Å²) in [4.78, 5) is 0. The van der Waals surface area contributed by atoms with Gasteiger partial charge in [-0.2, -0.15) is 0 Å². The van der Waals surface area contributed by atoms with Crippen LogP contribution >= 0.6 is 15.9 Å². The highest BCUT2D eigenvalue weighted by atomic mass is 79.9. The van der Waals surface area contributed by atoms with Crippen molar-refractivity contribution in [1.82, 2.24) is 0 Å². The first-order chi connectivity index (χ1) is 5.86. The van der Waals surface area contributed by atoms with E-state index >= 15 is 0 Å². The molecule has 1 rings (SSSR count). The molecule has 12 heavy (non-hydrogen) atoms. The van der Waals surface area contributed by atoms with E-state index in [0.29, 0.717) is 0 Å². The van der Waals surface area contributed by atoms with Crippen LogP contribution in [0.2, 0.25) is 0 Å². The minimum atomic E-state index is 0.936.